The monoisotopic (exact) mass is 276 g/mol. The summed E-state index contributed by atoms with van der Waals surface area (Å²) in [6.45, 7) is 7.85. The largest absolute Gasteiger partial charge is 0.399 e. The molecule has 1 aromatic carbocycles. The standard InChI is InChI=1S/C15H24N4O/c1-12-3-4-13(16)11-14(12)15(20)17-5-6-19-9-7-18(2)8-10-19/h3-4,11H,5-10,16H2,1-2H3,(H,17,20). The Bertz CT molecular complexity index is 467. The van der Waals surface area contributed by atoms with Crippen LogP contribution in [0.4, 0.5) is 5.69 Å². The highest BCUT2D eigenvalue weighted by atomic mass is 16.1. The molecule has 5 heteroatoms. The summed E-state index contributed by atoms with van der Waals surface area (Å²) in [7, 11) is 2.14. The van der Waals surface area contributed by atoms with Crippen LogP contribution in [-0.4, -0.2) is 62.0 Å². The lowest BCUT2D eigenvalue weighted by Crippen LogP contribution is -2.46. The Morgan fingerprint density at radius 1 is 1.30 bits per heavy atom. The zero-order chi connectivity index (χ0) is 14.5. The van der Waals surface area contributed by atoms with Crippen molar-refractivity contribution in [3.8, 4) is 0 Å². The summed E-state index contributed by atoms with van der Waals surface area (Å²) in [4.78, 5) is 16.8. The number of hydrogen-bond acceptors (Lipinski definition) is 4. The second kappa shape index (κ2) is 6.72. The quantitative estimate of drug-likeness (QED) is 0.789. The number of nitrogens with zero attached hydrogens (tertiary/aromatic N) is 2. The average Bonchev–Trinajstić information content (AvgIpc) is 2.43. The molecule has 0 atom stereocenters. The van der Waals surface area contributed by atoms with E-state index in [0.717, 1.165) is 38.3 Å². The van der Waals surface area contributed by atoms with Gasteiger partial charge in [0.15, 0.2) is 0 Å². The fraction of sp³-hybridized carbons (Fsp3) is 0.533. The van der Waals surface area contributed by atoms with E-state index in [4.69, 9.17) is 5.73 Å². The lowest BCUT2D eigenvalue weighted by Gasteiger charge is -2.32. The van der Waals surface area contributed by atoms with Crippen LogP contribution < -0.4 is 11.1 Å². The molecule has 2 rings (SSSR count). The van der Waals surface area contributed by atoms with Gasteiger partial charge in [-0.2, -0.15) is 0 Å². The van der Waals surface area contributed by atoms with Crippen molar-refractivity contribution in [3.63, 3.8) is 0 Å². The molecule has 20 heavy (non-hydrogen) atoms. The lowest BCUT2D eigenvalue weighted by molar-refractivity contribution is 0.0940. The van der Waals surface area contributed by atoms with Gasteiger partial charge in [0.2, 0.25) is 0 Å². The van der Waals surface area contributed by atoms with Crippen LogP contribution in [0, 0.1) is 6.92 Å². The van der Waals surface area contributed by atoms with Crippen molar-refractivity contribution in [3.05, 3.63) is 29.3 Å². The summed E-state index contributed by atoms with van der Waals surface area (Å²) in [5, 5.41) is 2.98. The lowest BCUT2D eigenvalue weighted by atomic mass is 10.1. The number of rotatable bonds is 4. The molecule has 3 N–H and O–H groups in total. The first-order chi connectivity index (χ1) is 9.56. The predicted molar refractivity (Wildman–Crippen MR) is 81.9 cm³/mol. The maximum absolute atomic E-state index is 12.1. The molecule has 1 amide bonds. The van der Waals surface area contributed by atoms with Crippen molar-refractivity contribution in [2.24, 2.45) is 0 Å². The molecule has 1 saturated heterocycles. The number of piperazine rings is 1. The van der Waals surface area contributed by atoms with Crippen molar-refractivity contribution in [2.75, 3.05) is 52.0 Å². The van der Waals surface area contributed by atoms with Crippen molar-refractivity contribution < 1.29 is 4.79 Å². The Balaban J connectivity index is 1.79. The fourth-order valence-electron chi connectivity index (χ4n) is 2.38. The number of benzene rings is 1. The van der Waals surface area contributed by atoms with E-state index >= 15 is 0 Å². The molecule has 0 saturated carbocycles. The third-order valence-electron chi connectivity index (χ3n) is 3.82. The highest BCUT2D eigenvalue weighted by Gasteiger charge is 2.14. The molecule has 1 fully saturated rings. The number of anilines is 1. The number of carbonyl (C=O) groups is 1. The summed E-state index contributed by atoms with van der Waals surface area (Å²) < 4.78 is 0. The van der Waals surface area contributed by atoms with Crippen LogP contribution in [0.1, 0.15) is 15.9 Å². The van der Waals surface area contributed by atoms with Gasteiger partial charge in [0, 0.05) is 50.5 Å². The molecule has 0 spiro atoms. The van der Waals surface area contributed by atoms with Crippen LogP contribution in [-0.2, 0) is 0 Å². The number of likely N-dealkylation sites (N-methyl/N-ethyl adjacent to an activating group) is 1. The van der Waals surface area contributed by atoms with E-state index in [1.54, 1.807) is 6.07 Å². The minimum Gasteiger partial charge on any atom is -0.399 e. The molecule has 0 aromatic heterocycles. The minimum atomic E-state index is -0.0380. The normalized spacial score (nSPS) is 17.1. The molecule has 110 valence electrons. The van der Waals surface area contributed by atoms with Gasteiger partial charge < -0.3 is 16.0 Å². The first-order valence-electron chi connectivity index (χ1n) is 7.11. The third-order valence-corrected chi connectivity index (χ3v) is 3.82. The van der Waals surface area contributed by atoms with E-state index in [0.29, 0.717) is 17.8 Å². The van der Waals surface area contributed by atoms with Crippen LogP contribution in [0.3, 0.4) is 0 Å². The molecule has 0 aliphatic carbocycles. The van der Waals surface area contributed by atoms with Gasteiger partial charge in [0.25, 0.3) is 5.91 Å². The van der Waals surface area contributed by atoms with Gasteiger partial charge in [0.05, 0.1) is 0 Å². The Labute approximate surface area is 120 Å². The van der Waals surface area contributed by atoms with Gasteiger partial charge in [-0.3, -0.25) is 9.69 Å². The zero-order valence-corrected chi connectivity index (χ0v) is 12.4. The smallest absolute Gasteiger partial charge is 0.251 e. The summed E-state index contributed by atoms with van der Waals surface area (Å²) >= 11 is 0. The molecular formula is C15H24N4O. The molecule has 1 aromatic rings. The number of carbonyl (C=O) groups excluding carboxylic acids is 1. The van der Waals surface area contributed by atoms with Crippen LogP contribution in [0.2, 0.25) is 0 Å². The first-order valence-corrected chi connectivity index (χ1v) is 7.11. The van der Waals surface area contributed by atoms with E-state index < -0.39 is 0 Å². The van der Waals surface area contributed by atoms with Gasteiger partial charge in [-0.05, 0) is 31.7 Å². The predicted octanol–water partition coefficient (Wildman–Crippen LogP) is 0.554. The van der Waals surface area contributed by atoms with E-state index in [2.05, 4.69) is 22.2 Å². The second-order valence-electron chi connectivity index (χ2n) is 5.48. The van der Waals surface area contributed by atoms with Gasteiger partial charge in [-0.15, -0.1) is 0 Å². The third kappa shape index (κ3) is 3.95. The molecule has 5 nitrogen and oxygen atoms in total. The van der Waals surface area contributed by atoms with Gasteiger partial charge >= 0.3 is 0 Å². The fourth-order valence-corrected chi connectivity index (χ4v) is 2.38. The van der Waals surface area contributed by atoms with E-state index in [9.17, 15) is 4.79 Å². The van der Waals surface area contributed by atoms with Crippen LogP contribution in [0.5, 0.6) is 0 Å². The van der Waals surface area contributed by atoms with Gasteiger partial charge in [-0.25, -0.2) is 0 Å². The minimum absolute atomic E-state index is 0.0380. The summed E-state index contributed by atoms with van der Waals surface area (Å²) in [5.41, 5.74) is 7.98. The Kier molecular flexibility index (Phi) is 4.98. The highest BCUT2D eigenvalue weighted by molar-refractivity contribution is 5.96. The zero-order valence-electron chi connectivity index (χ0n) is 12.4. The Morgan fingerprint density at radius 3 is 2.70 bits per heavy atom. The van der Waals surface area contributed by atoms with Crippen LogP contribution >= 0.6 is 0 Å². The van der Waals surface area contributed by atoms with Gasteiger partial charge in [0.1, 0.15) is 0 Å². The molecule has 0 unspecified atom stereocenters. The number of hydrogen-bond donors (Lipinski definition) is 2. The number of amides is 1. The van der Waals surface area contributed by atoms with Crippen LogP contribution in [0.25, 0.3) is 0 Å². The van der Waals surface area contributed by atoms with Gasteiger partial charge in [-0.1, -0.05) is 6.07 Å². The average molecular weight is 276 g/mol. The number of nitrogens with one attached hydrogen (secondary N) is 1. The Hall–Kier alpha value is -1.59. The second-order valence-corrected chi connectivity index (χ2v) is 5.48. The van der Waals surface area contributed by atoms with E-state index in [1.807, 2.05) is 19.1 Å². The van der Waals surface area contributed by atoms with Crippen molar-refractivity contribution in [1.82, 2.24) is 15.1 Å². The maximum atomic E-state index is 12.1. The molecule has 1 heterocycles. The number of nitrogens with two attached hydrogens (primary N) is 1. The summed E-state index contributed by atoms with van der Waals surface area (Å²) in [6.07, 6.45) is 0. The van der Waals surface area contributed by atoms with E-state index in [-0.39, 0.29) is 5.91 Å². The van der Waals surface area contributed by atoms with Crippen molar-refractivity contribution in [1.29, 1.82) is 0 Å². The molecule has 1 aliphatic rings. The number of aryl methyl sites for hydroxylation is 1. The molecule has 0 bridgehead atoms. The SMILES string of the molecule is Cc1ccc(N)cc1C(=O)NCCN1CCN(C)CC1. The molecular weight excluding hydrogens is 252 g/mol. The highest BCUT2D eigenvalue weighted by Crippen LogP contribution is 2.12. The molecule has 1 aliphatic heterocycles. The number of nitrogen functional groups attached to an aromatic ring is 1. The first kappa shape index (κ1) is 14.8. The van der Waals surface area contributed by atoms with Crippen molar-refractivity contribution >= 4 is 11.6 Å². The topological polar surface area (TPSA) is 61.6 Å². The molecule has 0 radical (unpaired) electrons. The van der Waals surface area contributed by atoms with E-state index in [1.165, 1.54) is 0 Å². The Morgan fingerprint density at radius 2 is 2.00 bits per heavy atom. The summed E-state index contributed by atoms with van der Waals surface area (Å²) in [6, 6.07) is 5.43. The maximum Gasteiger partial charge on any atom is 0.251 e. The van der Waals surface area contributed by atoms with Crippen molar-refractivity contribution in [2.45, 2.75) is 6.92 Å². The van der Waals surface area contributed by atoms with Crippen LogP contribution in [0.15, 0.2) is 18.2 Å². The summed E-state index contributed by atoms with van der Waals surface area (Å²) in [5.74, 6) is -0.0380.